The first-order chi connectivity index (χ1) is 11.7. The number of likely N-dealkylation sites (tertiary alicyclic amines) is 2. The predicted octanol–water partition coefficient (Wildman–Crippen LogP) is 4.64. The van der Waals surface area contributed by atoms with Crippen LogP contribution in [0.4, 0.5) is 0 Å². The van der Waals surface area contributed by atoms with Crippen molar-refractivity contribution in [3.63, 3.8) is 0 Å². The molecule has 0 aromatic carbocycles. The molecule has 4 rings (SSSR count). The first kappa shape index (κ1) is 17.3. The SMILES string of the molecule is CCC1CCC2C(C1)CN(C)C2CCC1CCC2C(CCN2C)C1. The van der Waals surface area contributed by atoms with E-state index in [0.29, 0.717) is 0 Å². The molecule has 0 radical (unpaired) electrons. The fourth-order valence-electron chi connectivity index (χ4n) is 7.18. The van der Waals surface area contributed by atoms with Crippen LogP contribution in [-0.2, 0) is 0 Å². The smallest absolute Gasteiger partial charge is 0.0124 e. The van der Waals surface area contributed by atoms with Crippen LogP contribution in [0.25, 0.3) is 0 Å². The average Bonchev–Trinajstić information content (AvgIpc) is 3.11. The Labute approximate surface area is 150 Å². The third-order valence-corrected chi connectivity index (χ3v) is 8.65. The van der Waals surface area contributed by atoms with Crippen LogP contribution in [-0.4, -0.2) is 49.1 Å². The van der Waals surface area contributed by atoms with Gasteiger partial charge in [-0.05, 0) is 102 Å². The van der Waals surface area contributed by atoms with E-state index in [1.165, 1.54) is 77.3 Å². The normalized spacial score (nSPS) is 46.9. The second-order valence-corrected chi connectivity index (χ2v) is 9.87. The Morgan fingerprint density at radius 2 is 1.58 bits per heavy atom. The van der Waals surface area contributed by atoms with Gasteiger partial charge in [0.15, 0.2) is 0 Å². The maximum absolute atomic E-state index is 2.75. The minimum Gasteiger partial charge on any atom is -0.303 e. The highest BCUT2D eigenvalue weighted by Crippen LogP contribution is 2.46. The Balaban J connectivity index is 1.28. The number of nitrogens with zero attached hydrogens (tertiary/aromatic N) is 2. The lowest BCUT2D eigenvalue weighted by Gasteiger charge is -2.37. The molecule has 2 aliphatic carbocycles. The van der Waals surface area contributed by atoms with Gasteiger partial charge in [0, 0.05) is 18.6 Å². The van der Waals surface area contributed by atoms with Crippen molar-refractivity contribution in [2.24, 2.45) is 29.6 Å². The summed E-state index contributed by atoms with van der Waals surface area (Å²) >= 11 is 0. The van der Waals surface area contributed by atoms with E-state index in [1.54, 1.807) is 0 Å². The molecule has 0 amide bonds. The summed E-state index contributed by atoms with van der Waals surface area (Å²) in [4.78, 5) is 5.39. The first-order valence-electron chi connectivity index (χ1n) is 11.1. The van der Waals surface area contributed by atoms with Gasteiger partial charge in [0.2, 0.25) is 0 Å². The maximum atomic E-state index is 2.75. The molecule has 0 aromatic heterocycles. The topological polar surface area (TPSA) is 6.48 Å². The molecule has 4 aliphatic rings. The van der Waals surface area contributed by atoms with Crippen molar-refractivity contribution < 1.29 is 0 Å². The summed E-state index contributed by atoms with van der Waals surface area (Å²) in [5.41, 5.74) is 0. The summed E-state index contributed by atoms with van der Waals surface area (Å²) in [5, 5.41) is 0. The second kappa shape index (κ2) is 7.27. The van der Waals surface area contributed by atoms with E-state index in [0.717, 1.165) is 41.7 Å². The minimum atomic E-state index is 0.914. The molecule has 24 heavy (non-hydrogen) atoms. The summed E-state index contributed by atoms with van der Waals surface area (Å²) in [5.74, 6) is 5.16. The van der Waals surface area contributed by atoms with Gasteiger partial charge in [-0.1, -0.05) is 19.8 Å². The molecule has 4 fully saturated rings. The van der Waals surface area contributed by atoms with Crippen LogP contribution in [0.1, 0.15) is 71.1 Å². The Morgan fingerprint density at radius 3 is 2.42 bits per heavy atom. The molecule has 7 atom stereocenters. The molecule has 2 heterocycles. The highest BCUT2D eigenvalue weighted by atomic mass is 15.2. The average molecular weight is 333 g/mol. The first-order valence-corrected chi connectivity index (χ1v) is 11.1. The summed E-state index contributed by atoms with van der Waals surface area (Å²) in [6, 6.07) is 1.85. The van der Waals surface area contributed by atoms with Gasteiger partial charge in [-0.15, -0.1) is 0 Å². The van der Waals surface area contributed by atoms with Crippen LogP contribution < -0.4 is 0 Å². The fourth-order valence-corrected chi connectivity index (χ4v) is 7.18. The Morgan fingerprint density at radius 1 is 0.792 bits per heavy atom. The van der Waals surface area contributed by atoms with Crippen LogP contribution in [0, 0.1) is 29.6 Å². The van der Waals surface area contributed by atoms with E-state index in [9.17, 15) is 0 Å². The lowest BCUT2D eigenvalue weighted by molar-refractivity contribution is 0.147. The standard InChI is InChI=1S/C22H40N2/c1-4-16-5-8-20-19(13-16)15-24(3)22(20)10-7-17-6-9-21-18(14-17)11-12-23(21)2/h16-22H,4-15H2,1-3H3. The summed E-state index contributed by atoms with van der Waals surface area (Å²) in [6.07, 6.45) is 15.0. The largest absolute Gasteiger partial charge is 0.303 e. The molecule has 2 saturated heterocycles. The molecular formula is C22H40N2. The molecule has 2 aliphatic heterocycles. The molecule has 2 saturated carbocycles. The molecule has 0 spiro atoms. The van der Waals surface area contributed by atoms with Crippen molar-refractivity contribution in [1.82, 2.24) is 9.80 Å². The molecular weight excluding hydrogens is 292 g/mol. The van der Waals surface area contributed by atoms with Crippen molar-refractivity contribution in [2.75, 3.05) is 27.2 Å². The quantitative estimate of drug-likeness (QED) is 0.740. The highest BCUT2D eigenvalue weighted by Gasteiger charge is 2.43. The molecule has 7 unspecified atom stereocenters. The van der Waals surface area contributed by atoms with Gasteiger partial charge < -0.3 is 9.80 Å². The number of fused-ring (bicyclic) bond motifs is 2. The zero-order chi connectivity index (χ0) is 16.7. The summed E-state index contributed by atoms with van der Waals surface area (Å²) in [6.45, 7) is 5.15. The lowest BCUT2D eigenvalue weighted by atomic mass is 9.71. The van der Waals surface area contributed by atoms with Gasteiger partial charge in [0.05, 0.1) is 0 Å². The van der Waals surface area contributed by atoms with Crippen molar-refractivity contribution in [2.45, 2.75) is 83.2 Å². The number of hydrogen-bond acceptors (Lipinski definition) is 2. The van der Waals surface area contributed by atoms with Gasteiger partial charge in [-0.2, -0.15) is 0 Å². The van der Waals surface area contributed by atoms with Crippen LogP contribution in [0.15, 0.2) is 0 Å². The highest BCUT2D eigenvalue weighted by molar-refractivity contribution is 4.96. The lowest BCUT2D eigenvalue weighted by Crippen LogP contribution is -2.35. The minimum absolute atomic E-state index is 0.914. The third kappa shape index (κ3) is 3.30. The zero-order valence-corrected chi connectivity index (χ0v) is 16.4. The molecule has 2 heteroatoms. The monoisotopic (exact) mass is 332 g/mol. The number of rotatable bonds is 4. The summed E-state index contributed by atoms with van der Waals surface area (Å²) in [7, 11) is 4.78. The van der Waals surface area contributed by atoms with Crippen molar-refractivity contribution in [3.8, 4) is 0 Å². The fraction of sp³-hybridized carbons (Fsp3) is 1.00. The van der Waals surface area contributed by atoms with Gasteiger partial charge >= 0.3 is 0 Å². The van der Waals surface area contributed by atoms with E-state index < -0.39 is 0 Å². The number of hydrogen-bond donors (Lipinski definition) is 0. The second-order valence-electron chi connectivity index (χ2n) is 9.87. The predicted molar refractivity (Wildman–Crippen MR) is 102 cm³/mol. The molecule has 0 bridgehead atoms. The van der Waals surface area contributed by atoms with Crippen LogP contribution in [0.2, 0.25) is 0 Å². The van der Waals surface area contributed by atoms with Crippen molar-refractivity contribution in [1.29, 1.82) is 0 Å². The zero-order valence-electron chi connectivity index (χ0n) is 16.4. The van der Waals surface area contributed by atoms with E-state index >= 15 is 0 Å². The Kier molecular flexibility index (Phi) is 5.25. The molecule has 138 valence electrons. The molecule has 2 nitrogen and oxygen atoms in total. The van der Waals surface area contributed by atoms with Crippen molar-refractivity contribution >= 4 is 0 Å². The molecule has 0 N–H and O–H groups in total. The molecule has 0 aromatic rings. The van der Waals surface area contributed by atoms with E-state index in [2.05, 4.69) is 30.8 Å². The van der Waals surface area contributed by atoms with E-state index in [-0.39, 0.29) is 0 Å². The van der Waals surface area contributed by atoms with Gasteiger partial charge in [-0.3, -0.25) is 0 Å². The Hall–Kier alpha value is -0.0800. The van der Waals surface area contributed by atoms with Crippen LogP contribution in [0.3, 0.4) is 0 Å². The summed E-state index contributed by atoms with van der Waals surface area (Å²) < 4.78 is 0. The van der Waals surface area contributed by atoms with Crippen molar-refractivity contribution in [3.05, 3.63) is 0 Å². The maximum Gasteiger partial charge on any atom is 0.0124 e. The van der Waals surface area contributed by atoms with E-state index in [4.69, 9.17) is 0 Å². The third-order valence-electron chi connectivity index (χ3n) is 8.65. The van der Waals surface area contributed by atoms with Gasteiger partial charge in [-0.25, -0.2) is 0 Å². The van der Waals surface area contributed by atoms with Gasteiger partial charge in [0.1, 0.15) is 0 Å². The van der Waals surface area contributed by atoms with E-state index in [1.807, 2.05) is 0 Å². The Bertz CT molecular complexity index is 422. The van der Waals surface area contributed by atoms with Crippen LogP contribution in [0.5, 0.6) is 0 Å². The van der Waals surface area contributed by atoms with Gasteiger partial charge in [0.25, 0.3) is 0 Å². The van der Waals surface area contributed by atoms with Crippen LogP contribution >= 0.6 is 0 Å².